The first-order valence-electron chi connectivity index (χ1n) is 7.51. The number of hydrogen-bond acceptors (Lipinski definition) is 4. The fourth-order valence-electron chi connectivity index (χ4n) is 3.62. The second-order valence-electron chi connectivity index (χ2n) is 5.90. The number of urea groups is 1. The van der Waals surface area contributed by atoms with Gasteiger partial charge in [0.05, 0.1) is 23.4 Å². The van der Waals surface area contributed by atoms with Crippen LogP contribution >= 0.6 is 0 Å². The molecule has 2 fully saturated rings. The Kier molecular flexibility index (Phi) is 3.01. The van der Waals surface area contributed by atoms with Crippen LogP contribution in [0.15, 0.2) is 36.4 Å². The minimum atomic E-state index is -1.10. The van der Waals surface area contributed by atoms with E-state index < -0.39 is 18.4 Å². The second kappa shape index (κ2) is 4.95. The molecule has 4 rings (SSSR count). The number of hydrogen-bond donors (Lipinski definition) is 2. The van der Waals surface area contributed by atoms with Crippen LogP contribution < -0.4 is 4.90 Å². The van der Waals surface area contributed by atoms with Crippen molar-refractivity contribution in [3.05, 3.63) is 42.0 Å². The minimum absolute atomic E-state index is 0.311. The summed E-state index contributed by atoms with van der Waals surface area (Å²) in [5, 5.41) is 31.3. The molecule has 2 saturated heterocycles. The quantitative estimate of drug-likeness (QED) is 0.833. The largest absolute Gasteiger partial charge is 0.391 e. The van der Waals surface area contributed by atoms with E-state index in [0.29, 0.717) is 24.2 Å². The number of fused-ring (bicyclic) bond motifs is 2. The maximum absolute atomic E-state index is 12.7. The zero-order valence-corrected chi connectivity index (χ0v) is 12.3. The van der Waals surface area contributed by atoms with Crippen molar-refractivity contribution < 1.29 is 15.0 Å². The molecule has 0 saturated carbocycles. The molecule has 0 bridgehead atoms. The van der Waals surface area contributed by atoms with E-state index >= 15 is 0 Å². The summed E-state index contributed by atoms with van der Waals surface area (Å²) in [6.07, 6.45) is -1.34. The van der Waals surface area contributed by atoms with E-state index in [0.717, 1.165) is 10.8 Å². The second-order valence-corrected chi connectivity index (χ2v) is 5.90. The van der Waals surface area contributed by atoms with Crippen LogP contribution in [0.2, 0.25) is 0 Å². The Morgan fingerprint density at radius 1 is 1.13 bits per heavy atom. The lowest BCUT2D eigenvalue weighted by Gasteiger charge is -2.24. The van der Waals surface area contributed by atoms with Crippen LogP contribution in [0.5, 0.6) is 0 Å². The van der Waals surface area contributed by atoms with Gasteiger partial charge in [0.25, 0.3) is 0 Å². The van der Waals surface area contributed by atoms with Gasteiger partial charge in [0.1, 0.15) is 6.04 Å². The third-order valence-electron chi connectivity index (χ3n) is 4.72. The van der Waals surface area contributed by atoms with Gasteiger partial charge < -0.3 is 15.1 Å². The summed E-state index contributed by atoms with van der Waals surface area (Å²) in [7, 11) is 0. The Balaban J connectivity index is 1.88. The number of nitriles is 1. The molecule has 6 nitrogen and oxygen atoms in total. The molecule has 2 aromatic carbocycles. The molecule has 2 heterocycles. The highest BCUT2D eigenvalue weighted by atomic mass is 16.3. The fraction of sp³-hybridized carbons (Fsp3) is 0.294. The molecule has 2 aromatic rings. The summed E-state index contributed by atoms with van der Waals surface area (Å²) in [6.45, 7) is 0.437. The number of benzene rings is 2. The van der Waals surface area contributed by atoms with E-state index in [-0.39, 0.29) is 6.03 Å². The van der Waals surface area contributed by atoms with Gasteiger partial charge in [0, 0.05) is 17.3 Å². The van der Waals surface area contributed by atoms with E-state index in [2.05, 4.69) is 6.07 Å². The summed E-state index contributed by atoms with van der Waals surface area (Å²) in [6, 6.07) is 11.9. The predicted octanol–water partition coefficient (Wildman–Crippen LogP) is 1.41. The van der Waals surface area contributed by atoms with E-state index in [1.54, 1.807) is 12.1 Å². The maximum Gasteiger partial charge on any atom is 0.327 e. The first-order valence-corrected chi connectivity index (χ1v) is 7.51. The van der Waals surface area contributed by atoms with Crippen LogP contribution in [-0.2, 0) is 0 Å². The first-order chi connectivity index (χ1) is 11.1. The zero-order valence-electron chi connectivity index (χ0n) is 12.3. The molecule has 1 unspecified atom stereocenters. The van der Waals surface area contributed by atoms with Crippen molar-refractivity contribution in [1.82, 2.24) is 4.90 Å². The van der Waals surface area contributed by atoms with Gasteiger partial charge in [-0.1, -0.05) is 24.3 Å². The number of carbonyl (C=O) groups excluding carboxylic acids is 1. The number of rotatable bonds is 1. The van der Waals surface area contributed by atoms with E-state index in [4.69, 9.17) is 0 Å². The van der Waals surface area contributed by atoms with E-state index in [1.807, 2.05) is 24.3 Å². The Morgan fingerprint density at radius 2 is 1.87 bits per heavy atom. The predicted molar refractivity (Wildman–Crippen MR) is 83.7 cm³/mol. The van der Waals surface area contributed by atoms with Crippen molar-refractivity contribution in [2.75, 3.05) is 11.4 Å². The van der Waals surface area contributed by atoms with Crippen LogP contribution in [0.25, 0.3) is 10.8 Å². The van der Waals surface area contributed by atoms with Gasteiger partial charge in [-0.2, -0.15) is 5.26 Å². The van der Waals surface area contributed by atoms with Gasteiger partial charge in [0.2, 0.25) is 0 Å². The third-order valence-corrected chi connectivity index (χ3v) is 4.72. The Bertz CT molecular complexity index is 845. The smallest absolute Gasteiger partial charge is 0.327 e. The summed E-state index contributed by atoms with van der Waals surface area (Å²) in [4.78, 5) is 15.5. The number of carbonyl (C=O) groups is 1. The Morgan fingerprint density at radius 3 is 2.57 bits per heavy atom. The van der Waals surface area contributed by atoms with E-state index in [9.17, 15) is 20.3 Å². The lowest BCUT2D eigenvalue weighted by Crippen LogP contribution is -2.41. The monoisotopic (exact) mass is 309 g/mol. The van der Waals surface area contributed by atoms with Crippen molar-refractivity contribution in [3.63, 3.8) is 0 Å². The summed E-state index contributed by atoms with van der Waals surface area (Å²) < 4.78 is 0. The standard InChI is InChI=1S/C17H15N3O3/c18-9-10-5-6-13(12-4-2-1-3-11(10)12)20-16(22)15-14(21)7-8-19(15)17(20)23/h1-6,14-16,21-22H,7-8H2/t14-,15?,16+/m1/s1. The average Bonchev–Trinajstić information content (AvgIpc) is 3.07. The molecular formula is C17H15N3O3. The molecule has 3 atom stereocenters. The third kappa shape index (κ3) is 1.84. The van der Waals surface area contributed by atoms with Crippen LogP contribution in [-0.4, -0.2) is 46.1 Å². The SMILES string of the molecule is N#Cc1ccc(N2C(=O)N3CC[C@@H](O)C3[C@@H]2O)c2ccccc12. The molecule has 0 spiro atoms. The number of anilines is 1. The molecule has 2 aliphatic heterocycles. The van der Waals surface area contributed by atoms with Gasteiger partial charge in [0.15, 0.2) is 6.23 Å². The Labute approximate surface area is 132 Å². The average molecular weight is 309 g/mol. The molecule has 2 N–H and O–H groups in total. The molecular weight excluding hydrogens is 294 g/mol. The highest BCUT2D eigenvalue weighted by Gasteiger charge is 2.52. The van der Waals surface area contributed by atoms with Crippen LogP contribution in [0, 0.1) is 11.3 Å². The maximum atomic E-state index is 12.7. The van der Waals surface area contributed by atoms with Crippen molar-refractivity contribution >= 4 is 22.5 Å². The summed E-state index contributed by atoms with van der Waals surface area (Å²) >= 11 is 0. The number of aliphatic hydroxyl groups excluding tert-OH is 2. The molecule has 0 aromatic heterocycles. The zero-order chi connectivity index (χ0) is 16.1. The number of aliphatic hydroxyl groups is 2. The lowest BCUT2D eigenvalue weighted by molar-refractivity contribution is 0.0593. The van der Waals surface area contributed by atoms with Crippen LogP contribution in [0.1, 0.15) is 12.0 Å². The van der Waals surface area contributed by atoms with Crippen molar-refractivity contribution in [2.45, 2.75) is 24.8 Å². The van der Waals surface area contributed by atoms with Crippen molar-refractivity contribution in [1.29, 1.82) is 5.26 Å². The molecule has 0 radical (unpaired) electrons. The number of nitrogens with zero attached hydrogens (tertiary/aromatic N) is 3. The van der Waals surface area contributed by atoms with Gasteiger partial charge in [-0.05, 0) is 18.6 Å². The van der Waals surface area contributed by atoms with Gasteiger partial charge >= 0.3 is 6.03 Å². The molecule has 23 heavy (non-hydrogen) atoms. The van der Waals surface area contributed by atoms with Gasteiger partial charge in [-0.15, -0.1) is 0 Å². The normalized spacial score (nSPS) is 26.7. The molecule has 2 aliphatic rings. The van der Waals surface area contributed by atoms with Crippen LogP contribution in [0.3, 0.4) is 0 Å². The topological polar surface area (TPSA) is 87.8 Å². The molecule has 0 aliphatic carbocycles. The summed E-state index contributed by atoms with van der Waals surface area (Å²) in [5.41, 5.74) is 1.07. The van der Waals surface area contributed by atoms with Crippen molar-refractivity contribution in [2.24, 2.45) is 0 Å². The highest BCUT2D eigenvalue weighted by molar-refractivity contribution is 6.06. The molecule has 6 heteroatoms. The number of amides is 2. The van der Waals surface area contributed by atoms with E-state index in [1.165, 1.54) is 9.80 Å². The molecule has 116 valence electrons. The highest BCUT2D eigenvalue weighted by Crippen LogP contribution is 2.38. The summed E-state index contributed by atoms with van der Waals surface area (Å²) in [5.74, 6) is 0. The Hall–Kier alpha value is -2.62. The van der Waals surface area contributed by atoms with Gasteiger partial charge in [-0.3, -0.25) is 4.90 Å². The fourth-order valence-corrected chi connectivity index (χ4v) is 3.62. The van der Waals surface area contributed by atoms with Crippen LogP contribution in [0.4, 0.5) is 10.5 Å². The minimum Gasteiger partial charge on any atom is -0.391 e. The lowest BCUT2D eigenvalue weighted by atomic mass is 10.0. The van der Waals surface area contributed by atoms with Crippen molar-refractivity contribution in [3.8, 4) is 6.07 Å². The van der Waals surface area contributed by atoms with Gasteiger partial charge in [-0.25, -0.2) is 4.79 Å². The first kappa shape index (κ1) is 14.0. The molecule has 2 amide bonds.